The highest BCUT2D eigenvalue weighted by molar-refractivity contribution is 5.80. The van der Waals surface area contributed by atoms with Gasteiger partial charge < -0.3 is 14.7 Å². The monoisotopic (exact) mass is 425 g/mol. The number of carboxylic acid groups (broad SMARTS) is 1. The summed E-state index contributed by atoms with van der Waals surface area (Å²) in [4.78, 5) is 52.9. The van der Waals surface area contributed by atoms with Crippen LogP contribution in [-0.2, 0) is 23.9 Å². The van der Waals surface area contributed by atoms with Crippen LogP contribution in [0.5, 0.6) is 0 Å². The van der Waals surface area contributed by atoms with Crippen LogP contribution in [0.2, 0.25) is 0 Å². The summed E-state index contributed by atoms with van der Waals surface area (Å²) in [6.07, 6.45) is 2.99. The van der Waals surface area contributed by atoms with Crippen molar-refractivity contribution in [3.05, 3.63) is 10.4 Å². The SMILES string of the molecule is CCC(=O)OCC1CN(C(=O)CCCC(=O)CCCCN=[N+]=[N-])CCN1CC(=O)O. The quantitative estimate of drug-likeness (QED) is 0.146. The van der Waals surface area contributed by atoms with Gasteiger partial charge in [0.25, 0.3) is 0 Å². The van der Waals surface area contributed by atoms with Gasteiger partial charge in [-0.1, -0.05) is 12.0 Å². The number of piperazine rings is 1. The van der Waals surface area contributed by atoms with Crippen molar-refractivity contribution in [3.8, 4) is 0 Å². The Morgan fingerprint density at radius 1 is 1.13 bits per heavy atom. The molecule has 1 rings (SSSR count). The fraction of sp³-hybridized carbons (Fsp3) is 0.789. The fourth-order valence-corrected chi connectivity index (χ4v) is 3.22. The number of ketones is 1. The molecule has 11 heteroatoms. The third-order valence-corrected chi connectivity index (χ3v) is 4.89. The Morgan fingerprint density at radius 3 is 2.53 bits per heavy atom. The van der Waals surface area contributed by atoms with Crippen molar-refractivity contribution in [2.75, 3.05) is 39.3 Å². The van der Waals surface area contributed by atoms with E-state index in [2.05, 4.69) is 10.0 Å². The third kappa shape index (κ3) is 10.2. The Morgan fingerprint density at radius 2 is 1.87 bits per heavy atom. The number of esters is 1. The summed E-state index contributed by atoms with van der Waals surface area (Å²) in [5, 5.41) is 12.5. The summed E-state index contributed by atoms with van der Waals surface area (Å²) in [7, 11) is 0. The molecule has 1 N–H and O–H groups in total. The molecule has 1 atom stereocenters. The second-order valence-corrected chi connectivity index (χ2v) is 7.20. The Bertz CT molecular complexity index is 649. The summed E-state index contributed by atoms with van der Waals surface area (Å²) < 4.78 is 5.16. The summed E-state index contributed by atoms with van der Waals surface area (Å²) in [5.41, 5.74) is 8.19. The number of hydrogen-bond donors (Lipinski definition) is 1. The normalized spacial score (nSPS) is 16.6. The van der Waals surface area contributed by atoms with Gasteiger partial charge in [0.15, 0.2) is 0 Å². The molecule has 1 unspecified atom stereocenters. The van der Waals surface area contributed by atoms with Gasteiger partial charge in [0.2, 0.25) is 5.91 Å². The first kappa shape index (κ1) is 25.4. The lowest BCUT2D eigenvalue weighted by Gasteiger charge is -2.40. The average Bonchev–Trinajstić information content (AvgIpc) is 2.72. The molecule has 30 heavy (non-hydrogen) atoms. The van der Waals surface area contributed by atoms with Gasteiger partial charge in [-0.2, -0.15) is 0 Å². The number of aliphatic carboxylic acids is 1. The maximum atomic E-state index is 12.5. The number of carbonyl (C=O) groups is 4. The highest BCUT2D eigenvalue weighted by Crippen LogP contribution is 2.14. The molecule has 168 valence electrons. The van der Waals surface area contributed by atoms with E-state index in [1.54, 1.807) is 16.7 Å². The van der Waals surface area contributed by atoms with Crippen LogP contribution in [0.3, 0.4) is 0 Å². The van der Waals surface area contributed by atoms with Crippen LogP contribution in [0.1, 0.15) is 51.9 Å². The van der Waals surface area contributed by atoms with Crippen LogP contribution >= 0.6 is 0 Å². The van der Waals surface area contributed by atoms with Crippen LogP contribution in [0, 0.1) is 0 Å². The van der Waals surface area contributed by atoms with Gasteiger partial charge >= 0.3 is 11.9 Å². The van der Waals surface area contributed by atoms with E-state index >= 15 is 0 Å². The predicted molar refractivity (Wildman–Crippen MR) is 108 cm³/mol. The van der Waals surface area contributed by atoms with Crippen molar-refractivity contribution in [1.82, 2.24) is 9.80 Å². The molecule has 1 aliphatic rings. The highest BCUT2D eigenvalue weighted by Gasteiger charge is 2.31. The molecular weight excluding hydrogens is 394 g/mol. The van der Waals surface area contributed by atoms with Crippen LogP contribution in [0.15, 0.2) is 5.11 Å². The van der Waals surface area contributed by atoms with Gasteiger partial charge in [0.1, 0.15) is 12.4 Å². The van der Waals surface area contributed by atoms with E-state index in [-0.39, 0.29) is 56.2 Å². The molecule has 0 aromatic rings. The van der Waals surface area contributed by atoms with E-state index in [4.69, 9.17) is 15.4 Å². The number of hydrogen-bond acceptors (Lipinski definition) is 7. The standard InChI is InChI=1S/C19H31N5O6/c1-2-19(29)30-14-15-12-24(11-10-23(15)13-18(27)28)17(26)8-5-7-16(25)6-3-4-9-21-22-20/h15H,2-14H2,1H3,(H,27,28). The topological polar surface area (TPSA) is 153 Å². The van der Waals surface area contributed by atoms with Crippen molar-refractivity contribution in [2.24, 2.45) is 5.11 Å². The van der Waals surface area contributed by atoms with E-state index < -0.39 is 5.97 Å². The van der Waals surface area contributed by atoms with Gasteiger partial charge in [0.05, 0.1) is 12.6 Å². The molecule has 11 nitrogen and oxygen atoms in total. The molecule has 0 saturated carbocycles. The Balaban J connectivity index is 2.41. The van der Waals surface area contributed by atoms with Crippen molar-refractivity contribution in [3.63, 3.8) is 0 Å². The van der Waals surface area contributed by atoms with Crippen molar-refractivity contribution < 1.29 is 29.0 Å². The van der Waals surface area contributed by atoms with Crippen molar-refractivity contribution in [2.45, 2.75) is 57.9 Å². The lowest BCUT2D eigenvalue weighted by Crippen LogP contribution is -2.57. The van der Waals surface area contributed by atoms with Crippen LogP contribution in [0.25, 0.3) is 10.4 Å². The maximum Gasteiger partial charge on any atom is 0.317 e. The molecular formula is C19H31N5O6. The number of rotatable bonds is 14. The third-order valence-electron chi connectivity index (χ3n) is 4.89. The zero-order valence-corrected chi connectivity index (χ0v) is 17.5. The second kappa shape index (κ2) is 14.4. The number of carboxylic acids is 1. The fourth-order valence-electron chi connectivity index (χ4n) is 3.22. The molecule has 0 spiro atoms. The first-order valence-electron chi connectivity index (χ1n) is 10.3. The summed E-state index contributed by atoms with van der Waals surface area (Å²) in [6, 6.07) is -0.369. The number of Topliss-reactive ketones (excluding diaryl/α,β-unsaturated/α-hetero) is 1. The lowest BCUT2D eigenvalue weighted by molar-refractivity contribution is -0.148. The molecule has 1 fully saturated rings. The van der Waals surface area contributed by atoms with Crippen LogP contribution < -0.4 is 0 Å². The van der Waals surface area contributed by atoms with E-state index in [0.29, 0.717) is 51.7 Å². The molecule has 1 amide bonds. The number of nitrogens with zero attached hydrogens (tertiary/aromatic N) is 5. The largest absolute Gasteiger partial charge is 0.480 e. The minimum atomic E-state index is -0.973. The second-order valence-electron chi connectivity index (χ2n) is 7.20. The molecule has 0 bridgehead atoms. The first-order valence-corrected chi connectivity index (χ1v) is 10.3. The van der Waals surface area contributed by atoms with E-state index in [1.165, 1.54) is 0 Å². The minimum Gasteiger partial charge on any atom is -0.480 e. The zero-order chi connectivity index (χ0) is 22.4. The van der Waals surface area contributed by atoms with Crippen molar-refractivity contribution >= 4 is 23.6 Å². The lowest BCUT2D eigenvalue weighted by atomic mass is 10.1. The minimum absolute atomic E-state index is 0.0397. The van der Waals surface area contributed by atoms with Gasteiger partial charge in [-0.25, -0.2) is 0 Å². The number of unbranched alkanes of at least 4 members (excludes halogenated alkanes) is 1. The number of carbonyl (C=O) groups excluding carboxylic acids is 3. The van der Waals surface area contributed by atoms with E-state index in [1.807, 2.05) is 0 Å². The number of azide groups is 1. The highest BCUT2D eigenvalue weighted by atomic mass is 16.5. The average molecular weight is 425 g/mol. The Labute approximate surface area is 176 Å². The zero-order valence-electron chi connectivity index (χ0n) is 17.5. The molecule has 1 heterocycles. The van der Waals surface area contributed by atoms with Crippen LogP contribution in [-0.4, -0.2) is 83.9 Å². The Kier molecular flexibility index (Phi) is 12.1. The molecule has 0 aromatic carbocycles. The smallest absolute Gasteiger partial charge is 0.317 e. The molecule has 0 aromatic heterocycles. The molecule has 1 saturated heterocycles. The van der Waals surface area contributed by atoms with Gasteiger partial charge in [-0.15, -0.1) is 0 Å². The molecule has 1 aliphatic heterocycles. The first-order chi connectivity index (χ1) is 14.4. The van der Waals surface area contributed by atoms with Gasteiger partial charge in [-0.05, 0) is 24.8 Å². The number of ether oxygens (including phenoxy) is 1. The molecule has 0 radical (unpaired) electrons. The summed E-state index contributed by atoms with van der Waals surface area (Å²) in [6.45, 7) is 2.99. The van der Waals surface area contributed by atoms with E-state index in [9.17, 15) is 19.2 Å². The Hall–Kier alpha value is -2.65. The molecule has 0 aliphatic carbocycles. The number of amides is 1. The maximum absolute atomic E-state index is 12.5. The summed E-state index contributed by atoms with van der Waals surface area (Å²) in [5.74, 6) is -1.35. The van der Waals surface area contributed by atoms with E-state index in [0.717, 1.165) is 0 Å². The van der Waals surface area contributed by atoms with Gasteiger partial charge in [0, 0.05) is 56.8 Å². The van der Waals surface area contributed by atoms with Gasteiger partial charge in [-0.3, -0.25) is 24.1 Å². The van der Waals surface area contributed by atoms with Crippen LogP contribution in [0.4, 0.5) is 0 Å². The summed E-state index contributed by atoms with van der Waals surface area (Å²) >= 11 is 0. The predicted octanol–water partition coefficient (Wildman–Crippen LogP) is 1.76. The van der Waals surface area contributed by atoms with Crippen molar-refractivity contribution in [1.29, 1.82) is 0 Å².